The fourth-order valence-electron chi connectivity index (χ4n) is 3.68. The van der Waals surface area contributed by atoms with Crippen molar-refractivity contribution in [2.45, 2.75) is 5.16 Å². The second-order valence-electron chi connectivity index (χ2n) is 6.75. The van der Waals surface area contributed by atoms with Crippen molar-refractivity contribution in [1.29, 1.82) is 0 Å². The van der Waals surface area contributed by atoms with Crippen LogP contribution in [-0.2, 0) is 9.89 Å². The zero-order chi connectivity index (χ0) is 21.0. The summed E-state index contributed by atoms with van der Waals surface area (Å²) >= 11 is 5.56. The number of thiophene rings is 1. The summed E-state index contributed by atoms with van der Waals surface area (Å²) in [4.78, 5) is 12.9. The molecule has 5 heteroatoms. The van der Waals surface area contributed by atoms with Gasteiger partial charge in [-0.15, -0.1) is 11.3 Å². The van der Waals surface area contributed by atoms with Gasteiger partial charge in [-0.05, 0) is 33.4 Å². The average molecular weight is 495 g/mol. The summed E-state index contributed by atoms with van der Waals surface area (Å²) in [6.07, 6.45) is 0. The van der Waals surface area contributed by atoms with Crippen LogP contribution in [0.3, 0.4) is 0 Å². The molecular weight excluding hydrogens is 475 g/mol. The normalized spacial score (nSPS) is 12.3. The van der Waals surface area contributed by atoms with E-state index in [4.69, 9.17) is 4.74 Å². The maximum atomic E-state index is 12.2. The Morgan fingerprint density at radius 3 is 1.83 bits per heavy atom. The Balaban J connectivity index is 2.04. The first-order chi connectivity index (χ1) is 14.7. The van der Waals surface area contributed by atoms with E-state index in [0.717, 1.165) is 5.56 Å². The maximum absolute atomic E-state index is 12.2. The Bertz CT molecular complexity index is 1070. The number of hydrogen-bond acceptors (Lipinski definition) is 3. The van der Waals surface area contributed by atoms with Crippen molar-refractivity contribution in [3.8, 4) is 0 Å². The van der Waals surface area contributed by atoms with E-state index < -0.39 is 11.8 Å². The number of benzene rings is 3. The Labute approximate surface area is 190 Å². The predicted octanol–water partition coefficient (Wildman–Crippen LogP) is 6.94. The van der Waals surface area contributed by atoms with Crippen molar-refractivity contribution in [3.05, 3.63) is 124 Å². The quantitative estimate of drug-likeness (QED) is 0.214. The van der Waals surface area contributed by atoms with Crippen LogP contribution in [-0.4, -0.2) is 13.1 Å². The van der Waals surface area contributed by atoms with Gasteiger partial charge < -0.3 is 4.74 Å². The van der Waals surface area contributed by atoms with E-state index in [0.29, 0.717) is 4.88 Å². The van der Waals surface area contributed by atoms with E-state index in [1.807, 2.05) is 24.3 Å². The second-order valence-corrected chi connectivity index (χ2v) is 11.5. The molecule has 150 valence electrons. The molecule has 30 heavy (non-hydrogen) atoms. The molecule has 0 radical (unpaired) electrons. The van der Waals surface area contributed by atoms with Crippen molar-refractivity contribution in [1.82, 2.24) is 0 Å². The Morgan fingerprint density at radius 2 is 1.33 bits per heavy atom. The molecule has 0 bridgehead atoms. The first-order valence-corrected chi connectivity index (χ1v) is 13.7. The van der Waals surface area contributed by atoms with Crippen LogP contribution < -0.4 is 5.30 Å². The lowest BCUT2D eigenvalue weighted by molar-refractivity contribution is 0.0606. The number of esters is 1. The van der Waals surface area contributed by atoms with Crippen molar-refractivity contribution < 1.29 is 9.53 Å². The molecule has 1 heterocycles. The van der Waals surface area contributed by atoms with Gasteiger partial charge in [0.1, 0.15) is 4.88 Å². The summed E-state index contributed by atoms with van der Waals surface area (Å²) < 4.78 is 4.98. The van der Waals surface area contributed by atoms with Crippen molar-refractivity contribution in [3.63, 3.8) is 0 Å². The highest BCUT2D eigenvalue weighted by Crippen LogP contribution is 2.67. The third-order valence-corrected chi connectivity index (χ3v) is 10.9. The number of carbonyl (C=O) groups is 1. The fourth-order valence-corrected chi connectivity index (χ4v) is 9.13. The van der Waals surface area contributed by atoms with Gasteiger partial charge in [-0.1, -0.05) is 106 Å². The Kier molecular flexibility index (Phi) is 6.48. The smallest absolute Gasteiger partial charge is 0.348 e. The number of methoxy groups -OCH3 is 1. The van der Waals surface area contributed by atoms with E-state index in [1.54, 1.807) is 0 Å². The predicted molar refractivity (Wildman–Crippen MR) is 130 cm³/mol. The summed E-state index contributed by atoms with van der Waals surface area (Å²) in [7, 11) is 1.42. The highest BCUT2D eigenvalue weighted by atomic mass is 79.9. The molecule has 4 rings (SSSR count). The van der Waals surface area contributed by atoms with E-state index >= 15 is 0 Å². The van der Waals surface area contributed by atoms with E-state index in [2.05, 4.69) is 93.7 Å². The van der Waals surface area contributed by atoms with Gasteiger partial charge in [-0.25, -0.2) is 4.79 Å². The second kappa shape index (κ2) is 9.26. The fraction of sp³-hybridized carbons (Fsp3) is 0.0800. The van der Waals surface area contributed by atoms with E-state index in [1.165, 1.54) is 34.9 Å². The van der Waals surface area contributed by atoms with E-state index in [9.17, 15) is 4.79 Å². The standard InChI is InChI=1S/C25H20BrO2PS/c1-28-24(27)23-17-21(18-30-23)25(19-11-5-2-6-12-19,20-13-7-3-8-14-20)29(26)22-15-9-4-10-16-22/h2-18H,1H3. The molecular formula is C25H20BrO2PS. The lowest BCUT2D eigenvalue weighted by Gasteiger charge is -2.39. The highest BCUT2D eigenvalue weighted by molar-refractivity contribution is 9.40. The van der Waals surface area contributed by atoms with Crippen LogP contribution in [0.25, 0.3) is 0 Å². The molecule has 1 unspecified atom stereocenters. The molecule has 0 amide bonds. The van der Waals surface area contributed by atoms with Crippen LogP contribution in [0, 0.1) is 0 Å². The largest absolute Gasteiger partial charge is 0.465 e. The van der Waals surface area contributed by atoms with Crippen molar-refractivity contribution >= 4 is 44.7 Å². The molecule has 1 aromatic heterocycles. The molecule has 0 aliphatic heterocycles. The molecule has 1 atom stereocenters. The van der Waals surface area contributed by atoms with Crippen LogP contribution in [0.1, 0.15) is 26.4 Å². The molecule has 0 aliphatic carbocycles. The SMILES string of the molecule is COC(=O)c1cc(C(c2ccccc2)(c2ccccc2)P(Br)c2ccccc2)cs1. The molecule has 0 spiro atoms. The number of ether oxygens (including phenoxy) is 1. The molecule has 0 saturated carbocycles. The molecule has 0 fully saturated rings. The van der Waals surface area contributed by atoms with Crippen LogP contribution in [0.4, 0.5) is 0 Å². The van der Waals surface area contributed by atoms with Crippen molar-refractivity contribution in [2.24, 2.45) is 0 Å². The third-order valence-electron chi connectivity index (χ3n) is 5.06. The summed E-state index contributed by atoms with van der Waals surface area (Å²) in [5.74, 6) is -0.306. The zero-order valence-corrected chi connectivity index (χ0v) is 19.7. The molecule has 0 N–H and O–H groups in total. The van der Waals surface area contributed by atoms with Crippen LogP contribution in [0.5, 0.6) is 0 Å². The molecule has 3 aromatic carbocycles. The lowest BCUT2D eigenvalue weighted by Crippen LogP contribution is -2.29. The van der Waals surface area contributed by atoms with Gasteiger partial charge in [0.25, 0.3) is 0 Å². The van der Waals surface area contributed by atoms with Crippen LogP contribution in [0.15, 0.2) is 102 Å². The van der Waals surface area contributed by atoms with Gasteiger partial charge in [0.2, 0.25) is 0 Å². The Hall–Kier alpha value is -2.26. The van der Waals surface area contributed by atoms with Gasteiger partial charge in [0.05, 0.1) is 12.3 Å². The Morgan fingerprint density at radius 1 is 0.833 bits per heavy atom. The molecule has 0 aliphatic rings. The minimum absolute atomic E-state index is 0.306. The van der Waals surface area contributed by atoms with Crippen molar-refractivity contribution in [2.75, 3.05) is 7.11 Å². The monoisotopic (exact) mass is 494 g/mol. The summed E-state index contributed by atoms with van der Waals surface area (Å²) in [5.41, 5.74) is 3.44. The first kappa shape index (κ1) is 21.0. The zero-order valence-electron chi connectivity index (χ0n) is 16.4. The summed E-state index contributed by atoms with van der Waals surface area (Å²) in [5, 5.41) is 2.85. The number of hydrogen-bond donors (Lipinski definition) is 0. The molecule has 2 nitrogen and oxygen atoms in total. The minimum Gasteiger partial charge on any atom is -0.465 e. The lowest BCUT2D eigenvalue weighted by atomic mass is 9.85. The van der Waals surface area contributed by atoms with Crippen LogP contribution >= 0.6 is 33.4 Å². The average Bonchev–Trinajstić information content (AvgIpc) is 3.31. The third kappa shape index (κ3) is 3.76. The van der Waals surface area contributed by atoms with Gasteiger partial charge in [0.15, 0.2) is 0 Å². The molecule has 0 saturated heterocycles. The minimum atomic E-state index is -0.895. The van der Waals surface area contributed by atoms with Gasteiger partial charge in [-0.3, -0.25) is 0 Å². The molecule has 4 aromatic rings. The first-order valence-electron chi connectivity index (χ1n) is 9.47. The number of rotatable bonds is 6. The van der Waals surface area contributed by atoms with Gasteiger partial charge in [0, 0.05) is 6.62 Å². The topological polar surface area (TPSA) is 26.3 Å². The van der Waals surface area contributed by atoms with Crippen LogP contribution in [0.2, 0.25) is 0 Å². The number of halogens is 1. The summed E-state index contributed by atoms with van der Waals surface area (Å²) in [6.45, 7) is -0.895. The maximum Gasteiger partial charge on any atom is 0.348 e. The van der Waals surface area contributed by atoms with Gasteiger partial charge in [-0.2, -0.15) is 0 Å². The number of carbonyl (C=O) groups excluding carboxylic acids is 1. The van der Waals surface area contributed by atoms with Gasteiger partial charge >= 0.3 is 5.97 Å². The van der Waals surface area contributed by atoms with E-state index in [-0.39, 0.29) is 5.97 Å². The highest BCUT2D eigenvalue weighted by Gasteiger charge is 2.44. The summed E-state index contributed by atoms with van der Waals surface area (Å²) in [6, 6.07) is 33.5.